The number of benzene rings is 3. The van der Waals surface area contributed by atoms with Crippen molar-refractivity contribution in [1.82, 2.24) is 4.90 Å². The van der Waals surface area contributed by atoms with Crippen molar-refractivity contribution in [3.05, 3.63) is 83.1 Å². The third kappa shape index (κ3) is 5.27. The van der Waals surface area contributed by atoms with E-state index in [9.17, 15) is 14.0 Å². The molecule has 3 aromatic carbocycles. The highest BCUT2D eigenvalue weighted by atomic mass is 35.5. The van der Waals surface area contributed by atoms with Crippen LogP contribution >= 0.6 is 23.8 Å². The van der Waals surface area contributed by atoms with E-state index in [1.807, 2.05) is 6.07 Å². The zero-order valence-electron chi connectivity index (χ0n) is 19.5. The van der Waals surface area contributed by atoms with Crippen LogP contribution in [0.1, 0.15) is 12.0 Å². The second-order valence-electron chi connectivity index (χ2n) is 8.00. The Balaban J connectivity index is 1.64. The highest BCUT2D eigenvalue weighted by molar-refractivity contribution is 7.80. The molecule has 7 nitrogen and oxygen atoms in total. The molecule has 1 aliphatic rings. The number of hydrogen-bond acceptors (Lipinski definition) is 5. The number of amides is 2. The first-order valence-electron chi connectivity index (χ1n) is 11.0. The summed E-state index contributed by atoms with van der Waals surface area (Å²) in [5.41, 5.74) is 1.65. The van der Waals surface area contributed by atoms with E-state index >= 15 is 0 Å². The summed E-state index contributed by atoms with van der Waals surface area (Å²) in [5, 5.41) is 3.34. The summed E-state index contributed by atoms with van der Waals surface area (Å²) in [6.07, 6.45) is -0.171. The summed E-state index contributed by atoms with van der Waals surface area (Å²) < 4.78 is 24.2. The minimum absolute atomic E-state index is 0.171. The van der Waals surface area contributed by atoms with Crippen LogP contribution in [0.3, 0.4) is 0 Å². The lowest BCUT2D eigenvalue weighted by molar-refractivity contribution is -0.124. The predicted molar refractivity (Wildman–Crippen MR) is 140 cm³/mol. The van der Waals surface area contributed by atoms with Gasteiger partial charge in [0.2, 0.25) is 5.91 Å². The molecule has 1 saturated heterocycles. The summed E-state index contributed by atoms with van der Waals surface area (Å²) in [6.45, 7) is 0.229. The van der Waals surface area contributed by atoms with Crippen molar-refractivity contribution in [2.24, 2.45) is 0 Å². The Morgan fingerprint density at radius 3 is 2.42 bits per heavy atom. The van der Waals surface area contributed by atoms with Gasteiger partial charge >= 0.3 is 0 Å². The molecule has 0 spiro atoms. The van der Waals surface area contributed by atoms with Crippen LogP contribution in [-0.4, -0.2) is 42.1 Å². The Morgan fingerprint density at radius 1 is 1.06 bits per heavy atom. The van der Waals surface area contributed by atoms with E-state index in [1.54, 1.807) is 48.4 Å². The first kappa shape index (κ1) is 25.4. The molecule has 0 bridgehead atoms. The number of nitrogens with one attached hydrogen (secondary N) is 1. The van der Waals surface area contributed by atoms with Gasteiger partial charge in [-0.3, -0.25) is 14.5 Å². The Hall–Kier alpha value is -3.69. The van der Waals surface area contributed by atoms with E-state index < -0.39 is 17.8 Å². The molecule has 1 atom stereocenters. The molecule has 3 aromatic rings. The predicted octanol–water partition coefficient (Wildman–Crippen LogP) is 5.03. The van der Waals surface area contributed by atoms with Gasteiger partial charge in [-0.25, -0.2) is 4.39 Å². The maximum absolute atomic E-state index is 13.5. The topological polar surface area (TPSA) is 71.1 Å². The van der Waals surface area contributed by atoms with Gasteiger partial charge in [-0.15, -0.1) is 0 Å². The summed E-state index contributed by atoms with van der Waals surface area (Å²) in [4.78, 5) is 29.5. The van der Waals surface area contributed by atoms with E-state index in [0.717, 1.165) is 5.56 Å². The number of ether oxygens (including phenoxy) is 2. The highest BCUT2D eigenvalue weighted by Crippen LogP contribution is 2.32. The van der Waals surface area contributed by atoms with E-state index in [1.165, 1.54) is 36.3 Å². The lowest BCUT2D eigenvalue weighted by Crippen LogP contribution is -2.37. The fourth-order valence-corrected chi connectivity index (χ4v) is 4.53. The molecule has 0 aromatic heterocycles. The number of methoxy groups -OCH3 is 2. The largest absolute Gasteiger partial charge is 0.493 e. The van der Waals surface area contributed by atoms with Crippen LogP contribution in [0.2, 0.25) is 5.02 Å². The van der Waals surface area contributed by atoms with Crippen molar-refractivity contribution >= 4 is 52.1 Å². The molecule has 0 saturated carbocycles. The van der Waals surface area contributed by atoms with Gasteiger partial charge in [0.05, 0.1) is 37.0 Å². The zero-order valence-corrected chi connectivity index (χ0v) is 21.1. The minimum atomic E-state index is -0.891. The van der Waals surface area contributed by atoms with Gasteiger partial charge in [0.25, 0.3) is 5.91 Å². The van der Waals surface area contributed by atoms with Crippen LogP contribution < -0.4 is 19.7 Å². The third-order valence-corrected chi connectivity index (χ3v) is 6.48. The molecule has 4 rings (SSSR count). The van der Waals surface area contributed by atoms with Crippen LogP contribution in [0, 0.1) is 5.82 Å². The number of carbonyl (C=O) groups is 2. The summed E-state index contributed by atoms with van der Waals surface area (Å²) in [7, 11) is 3.07. The molecule has 186 valence electrons. The molecule has 0 aliphatic carbocycles. The van der Waals surface area contributed by atoms with Crippen LogP contribution in [0.15, 0.2) is 66.7 Å². The molecular formula is C26H23ClFN3O4S. The fraction of sp³-hybridized carbons (Fsp3) is 0.192. The monoisotopic (exact) mass is 527 g/mol. The van der Waals surface area contributed by atoms with Gasteiger partial charge in [-0.05, 0) is 66.3 Å². The quantitative estimate of drug-likeness (QED) is 0.414. The number of hydrogen-bond donors (Lipinski definition) is 1. The van der Waals surface area contributed by atoms with E-state index in [0.29, 0.717) is 27.9 Å². The Morgan fingerprint density at radius 2 is 1.75 bits per heavy atom. The van der Waals surface area contributed by atoms with Gasteiger partial charge in [0, 0.05) is 6.54 Å². The lowest BCUT2D eigenvalue weighted by Gasteiger charge is -2.24. The maximum atomic E-state index is 13.5. The first-order chi connectivity index (χ1) is 17.3. The summed E-state index contributed by atoms with van der Waals surface area (Å²) >= 11 is 11.8. The van der Waals surface area contributed by atoms with Gasteiger partial charge in [0.1, 0.15) is 11.9 Å². The Kier molecular flexibility index (Phi) is 7.71. The van der Waals surface area contributed by atoms with Crippen molar-refractivity contribution < 1.29 is 23.5 Å². The number of carbonyl (C=O) groups excluding carboxylic acids is 2. The molecule has 0 radical (unpaired) electrons. The van der Waals surface area contributed by atoms with Gasteiger partial charge in [-0.2, -0.15) is 0 Å². The number of thiocarbonyl (C=S) groups is 1. The standard InChI is InChI=1S/C26H23ClFN3O4S/c1-34-22-12-7-16(13-23(22)35-2)15-30-21(14-24(32)29-20-6-4-3-5-19(20)27)25(33)31(26(30)36)18-10-8-17(28)9-11-18/h3-13,21H,14-15H2,1-2H3,(H,29,32)/t21-/m1/s1. The van der Waals surface area contributed by atoms with Crippen molar-refractivity contribution in [2.75, 3.05) is 24.4 Å². The van der Waals surface area contributed by atoms with Gasteiger partial charge < -0.3 is 19.7 Å². The Labute approximate surface area is 218 Å². The molecule has 1 N–H and O–H groups in total. The van der Waals surface area contributed by atoms with Gasteiger partial charge in [0.15, 0.2) is 16.6 Å². The van der Waals surface area contributed by atoms with Crippen molar-refractivity contribution in [2.45, 2.75) is 19.0 Å². The fourth-order valence-electron chi connectivity index (χ4n) is 3.96. The Bertz CT molecular complexity index is 1300. The van der Waals surface area contributed by atoms with Crippen molar-refractivity contribution in [1.29, 1.82) is 0 Å². The molecule has 36 heavy (non-hydrogen) atoms. The number of halogens is 2. The molecule has 1 fully saturated rings. The molecule has 1 aliphatic heterocycles. The van der Waals surface area contributed by atoms with E-state index in [-0.39, 0.29) is 24.0 Å². The second-order valence-corrected chi connectivity index (χ2v) is 8.77. The number of anilines is 2. The average Bonchev–Trinajstić information content (AvgIpc) is 3.09. The minimum Gasteiger partial charge on any atom is -0.493 e. The SMILES string of the molecule is COc1ccc(CN2C(=S)N(c3ccc(F)cc3)C(=O)[C@H]2CC(=O)Nc2ccccc2Cl)cc1OC. The smallest absolute Gasteiger partial charge is 0.256 e. The molecule has 10 heteroatoms. The maximum Gasteiger partial charge on any atom is 0.256 e. The number of rotatable bonds is 8. The summed E-state index contributed by atoms with van der Waals surface area (Å²) in [6, 6.07) is 16.8. The average molecular weight is 528 g/mol. The van der Waals surface area contributed by atoms with Crippen molar-refractivity contribution in [3.63, 3.8) is 0 Å². The van der Waals surface area contributed by atoms with Crippen LogP contribution in [0.5, 0.6) is 11.5 Å². The molecule has 2 amide bonds. The molecule has 1 heterocycles. The number of nitrogens with zero attached hydrogens (tertiary/aromatic N) is 2. The lowest BCUT2D eigenvalue weighted by atomic mass is 10.1. The third-order valence-electron chi connectivity index (χ3n) is 5.73. The van der Waals surface area contributed by atoms with Gasteiger partial charge in [-0.1, -0.05) is 29.8 Å². The molecular weight excluding hydrogens is 505 g/mol. The zero-order chi connectivity index (χ0) is 25.8. The van der Waals surface area contributed by atoms with Crippen LogP contribution in [-0.2, 0) is 16.1 Å². The number of para-hydroxylation sites is 1. The van der Waals surface area contributed by atoms with E-state index in [4.69, 9.17) is 33.3 Å². The van der Waals surface area contributed by atoms with Crippen LogP contribution in [0.25, 0.3) is 0 Å². The normalized spacial score (nSPS) is 15.3. The van der Waals surface area contributed by atoms with Crippen LogP contribution in [0.4, 0.5) is 15.8 Å². The van der Waals surface area contributed by atoms with E-state index in [2.05, 4.69) is 5.32 Å². The highest BCUT2D eigenvalue weighted by Gasteiger charge is 2.44. The molecule has 0 unspecified atom stereocenters. The first-order valence-corrected chi connectivity index (χ1v) is 11.8. The summed E-state index contributed by atoms with van der Waals surface area (Å²) in [5.74, 6) is -0.141. The van der Waals surface area contributed by atoms with Crippen molar-refractivity contribution in [3.8, 4) is 11.5 Å². The second kappa shape index (κ2) is 10.9.